The molecule has 8 nitrogen and oxygen atoms in total. The van der Waals surface area contributed by atoms with Crippen molar-refractivity contribution in [3.63, 3.8) is 0 Å². The number of aliphatic carboxylic acids is 1. The summed E-state index contributed by atoms with van der Waals surface area (Å²) >= 11 is 0. The van der Waals surface area contributed by atoms with Crippen LogP contribution in [0.1, 0.15) is 18.5 Å². The molecule has 2 N–H and O–H groups in total. The second-order valence-corrected chi connectivity index (χ2v) is 5.74. The van der Waals surface area contributed by atoms with E-state index < -0.39 is 29.5 Å². The van der Waals surface area contributed by atoms with Crippen LogP contribution in [0.25, 0.3) is 10.9 Å². The molecule has 0 aliphatic heterocycles. The second kappa shape index (κ2) is 7.14. The highest BCUT2D eigenvalue weighted by atomic mass is 16.4. The Balaban J connectivity index is 2.13. The zero-order chi connectivity index (χ0) is 18.7. The summed E-state index contributed by atoms with van der Waals surface area (Å²) in [4.78, 5) is 36.6. The van der Waals surface area contributed by atoms with E-state index in [0.717, 1.165) is 4.68 Å². The van der Waals surface area contributed by atoms with Gasteiger partial charge in [0.15, 0.2) is 6.04 Å². The maximum atomic E-state index is 12.8. The molecule has 1 amide bonds. The molecular weight excluding hydrogens is 336 g/mol. The third kappa shape index (κ3) is 3.30. The maximum Gasteiger partial charge on any atom is 0.325 e. The minimum Gasteiger partial charge on any atom is -0.480 e. The highest BCUT2D eigenvalue weighted by Crippen LogP contribution is 2.17. The van der Waals surface area contributed by atoms with Gasteiger partial charge >= 0.3 is 5.97 Å². The molecule has 0 saturated heterocycles. The first-order valence-electron chi connectivity index (χ1n) is 7.91. The lowest BCUT2D eigenvalue weighted by atomic mass is 10.1. The van der Waals surface area contributed by atoms with Crippen LogP contribution < -0.4 is 10.9 Å². The molecule has 26 heavy (non-hydrogen) atoms. The number of aromatic nitrogens is 3. The Labute approximate surface area is 148 Å². The van der Waals surface area contributed by atoms with Crippen LogP contribution in [0.4, 0.5) is 0 Å². The van der Waals surface area contributed by atoms with Crippen molar-refractivity contribution >= 4 is 22.8 Å². The number of carboxylic acids is 1. The average molecular weight is 352 g/mol. The summed E-state index contributed by atoms with van der Waals surface area (Å²) in [6.07, 6.45) is 0. The molecule has 0 aliphatic carbocycles. The number of amides is 1. The lowest BCUT2D eigenvalue weighted by molar-refractivity contribution is -0.141. The van der Waals surface area contributed by atoms with Gasteiger partial charge in [-0.3, -0.25) is 14.4 Å². The molecule has 0 fully saturated rings. The second-order valence-electron chi connectivity index (χ2n) is 5.74. The van der Waals surface area contributed by atoms with Gasteiger partial charge in [-0.05, 0) is 24.6 Å². The fourth-order valence-corrected chi connectivity index (χ4v) is 2.56. The van der Waals surface area contributed by atoms with Crippen LogP contribution in [0, 0.1) is 0 Å². The fraction of sp³-hybridized carbons (Fsp3) is 0.167. The molecule has 2 atom stereocenters. The van der Waals surface area contributed by atoms with Gasteiger partial charge in [-0.15, -0.1) is 5.10 Å². The van der Waals surface area contributed by atoms with Gasteiger partial charge in [0.1, 0.15) is 11.6 Å². The number of nitrogens with one attached hydrogen (secondary N) is 1. The van der Waals surface area contributed by atoms with Crippen molar-refractivity contribution in [2.45, 2.75) is 19.0 Å². The zero-order valence-corrected chi connectivity index (χ0v) is 13.9. The van der Waals surface area contributed by atoms with Crippen molar-refractivity contribution in [3.05, 3.63) is 70.5 Å². The van der Waals surface area contributed by atoms with E-state index in [-0.39, 0.29) is 0 Å². The van der Waals surface area contributed by atoms with Gasteiger partial charge in [0, 0.05) is 0 Å². The number of carbonyl (C=O) groups is 2. The van der Waals surface area contributed by atoms with Crippen LogP contribution in [0.5, 0.6) is 0 Å². The van der Waals surface area contributed by atoms with Crippen LogP contribution in [-0.4, -0.2) is 38.0 Å². The predicted octanol–water partition coefficient (Wildman–Crippen LogP) is 0.970. The normalized spacial score (nSPS) is 13.1. The van der Waals surface area contributed by atoms with Crippen LogP contribution in [0.2, 0.25) is 0 Å². The molecule has 132 valence electrons. The highest BCUT2D eigenvalue weighted by Gasteiger charge is 2.28. The van der Waals surface area contributed by atoms with Gasteiger partial charge < -0.3 is 10.4 Å². The Morgan fingerprint density at radius 2 is 1.73 bits per heavy atom. The quantitative estimate of drug-likeness (QED) is 0.707. The first-order valence-corrected chi connectivity index (χ1v) is 7.91. The number of hydrogen-bond donors (Lipinski definition) is 2. The third-order valence-electron chi connectivity index (χ3n) is 3.93. The summed E-state index contributed by atoms with van der Waals surface area (Å²) in [5.74, 6) is -1.83. The average Bonchev–Trinajstić information content (AvgIpc) is 2.65. The predicted molar refractivity (Wildman–Crippen MR) is 93.6 cm³/mol. The van der Waals surface area contributed by atoms with Gasteiger partial charge in [0.2, 0.25) is 5.91 Å². The third-order valence-corrected chi connectivity index (χ3v) is 3.93. The van der Waals surface area contributed by atoms with Crippen LogP contribution in [0.15, 0.2) is 59.4 Å². The van der Waals surface area contributed by atoms with Crippen molar-refractivity contribution in [3.8, 4) is 0 Å². The van der Waals surface area contributed by atoms with E-state index in [1.165, 1.54) is 6.92 Å². The molecule has 0 bridgehead atoms. The van der Waals surface area contributed by atoms with E-state index in [2.05, 4.69) is 15.6 Å². The molecular formula is C18H16N4O4. The van der Waals surface area contributed by atoms with E-state index in [0.29, 0.717) is 16.5 Å². The lowest BCUT2D eigenvalue weighted by Crippen LogP contribution is -2.45. The maximum absolute atomic E-state index is 12.8. The summed E-state index contributed by atoms with van der Waals surface area (Å²) < 4.78 is 0.974. The molecule has 0 radical (unpaired) electrons. The van der Waals surface area contributed by atoms with E-state index in [9.17, 15) is 14.4 Å². The summed E-state index contributed by atoms with van der Waals surface area (Å²) in [6.45, 7) is 1.34. The molecule has 8 heteroatoms. The summed E-state index contributed by atoms with van der Waals surface area (Å²) in [5, 5.41) is 19.6. The largest absolute Gasteiger partial charge is 0.480 e. The standard InChI is InChI=1S/C18H16N4O4/c1-11(18(25)26)19-16(23)15(12-7-3-2-4-8-12)22-17(24)13-9-5-6-10-14(13)20-21-22/h2-11,15H,1H3,(H,19,23)(H,25,26). The summed E-state index contributed by atoms with van der Waals surface area (Å²) in [7, 11) is 0. The molecule has 3 aromatic rings. The minimum absolute atomic E-state index is 0.322. The van der Waals surface area contributed by atoms with E-state index in [4.69, 9.17) is 5.11 Å². The molecule has 2 unspecified atom stereocenters. The first-order chi connectivity index (χ1) is 12.5. The van der Waals surface area contributed by atoms with Gasteiger partial charge in [-0.1, -0.05) is 47.7 Å². The lowest BCUT2D eigenvalue weighted by Gasteiger charge is -2.19. The molecule has 0 spiro atoms. The van der Waals surface area contributed by atoms with Crippen LogP contribution in [0.3, 0.4) is 0 Å². The molecule has 2 aromatic carbocycles. The van der Waals surface area contributed by atoms with Crippen molar-refractivity contribution in [1.82, 2.24) is 20.3 Å². The molecule has 1 heterocycles. The molecule has 0 aliphatic rings. The number of carboxylic acid groups (broad SMARTS) is 1. The van der Waals surface area contributed by atoms with E-state index >= 15 is 0 Å². The van der Waals surface area contributed by atoms with Crippen molar-refractivity contribution in [2.75, 3.05) is 0 Å². The smallest absolute Gasteiger partial charge is 0.325 e. The van der Waals surface area contributed by atoms with Crippen LogP contribution >= 0.6 is 0 Å². The highest BCUT2D eigenvalue weighted by molar-refractivity contribution is 5.88. The van der Waals surface area contributed by atoms with E-state index in [1.807, 2.05) is 0 Å². The van der Waals surface area contributed by atoms with Crippen molar-refractivity contribution in [2.24, 2.45) is 0 Å². The monoisotopic (exact) mass is 352 g/mol. The Kier molecular flexibility index (Phi) is 4.74. The molecule has 1 aromatic heterocycles. The van der Waals surface area contributed by atoms with E-state index in [1.54, 1.807) is 54.6 Å². The Hall–Kier alpha value is -3.55. The minimum atomic E-state index is -1.18. The fourth-order valence-electron chi connectivity index (χ4n) is 2.56. The number of nitrogens with zero attached hydrogens (tertiary/aromatic N) is 3. The van der Waals surface area contributed by atoms with Gasteiger partial charge in [-0.25, -0.2) is 0 Å². The Bertz CT molecular complexity index is 1020. The molecule has 3 rings (SSSR count). The molecule has 0 saturated carbocycles. The van der Waals surface area contributed by atoms with Crippen molar-refractivity contribution < 1.29 is 14.7 Å². The topological polar surface area (TPSA) is 114 Å². The van der Waals surface area contributed by atoms with Crippen molar-refractivity contribution in [1.29, 1.82) is 0 Å². The number of carbonyl (C=O) groups excluding carboxylic acids is 1. The Morgan fingerprint density at radius 1 is 1.08 bits per heavy atom. The number of hydrogen-bond acceptors (Lipinski definition) is 5. The van der Waals surface area contributed by atoms with Gasteiger partial charge in [0.05, 0.1) is 5.39 Å². The van der Waals surface area contributed by atoms with Gasteiger partial charge in [-0.2, -0.15) is 4.68 Å². The summed E-state index contributed by atoms with van der Waals surface area (Å²) in [6, 6.07) is 13.0. The zero-order valence-electron chi connectivity index (χ0n) is 13.9. The van der Waals surface area contributed by atoms with Crippen LogP contribution in [-0.2, 0) is 9.59 Å². The SMILES string of the molecule is CC(NC(=O)C(c1ccccc1)n1nnc2ccccc2c1=O)C(=O)O. The first kappa shape index (κ1) is 17.3. The number of rotatable bonds is 5. The van der Waals surface area contributed by atoms with Gasteiger partial charge in [0.25, 0.3) is 5.56 Å². The summed E-state index contributed by atoms with van der Waals surface area (Å²) in [5.41, 5.74) is 0.428. The number of fused-ring (bicyclic) bond motifs is 1. The Morgan fingerprint density at radius 3 is 2.42 bits per heavy atom. The number of benzene rings is 2.